The highest BCUT2D eigenvalue weighted by Crippen LogP contribution is 2.29. The molecule has 0 heterocycles. The molecule has 1 amide bonds. The number of amides is 1. The first-order chi connectivity index (χ1) is 11.7. The van der Waals surface area contributed by atoms with E-state index in [-0.39, 0.29) is 12.3 Å². The fourth-order valence-corrected chi connectivity index (χ4v) is 2.68. The number of anilines is 2. The van der Waals surface area contributed by atoms with Crippen LogP contribution in [0, 0.1) is 20.8 Å². The normalized spacial score (nSPS) is 11.3. The van der Waals surface area contributed by atoms with E-state index < -0.39 is 11.7 Å². The average molecular weight is 350 g/mol. The number of carbonyl (C=O) groups is 1. The molecule has 0 aromatic heterocycles. The van der Waals surface area contributed by atoms with Crippen molar-refractivity contribution in [1.29, 1.82) is 0 Å². The van der Waals surface area contributed by atoms with Crippen LogP contribution in [0.3, 0.4) is 0 Å². The topological polar surface area (TPSA) is 41.1 Å². The Labute approximate surface area is 145 Å². The maximum absolute atomic E-state index is 12.5. The summed E-state index contributed by atoms with van der Waals surface area (Å²) in [7, 11) is 0. The van der Waals surface area contributed by atoms with Gasteiger partial charge in [-0.1, -0.05) is 17.7 Å². The van der Waals surface area contributed by atoms with Crippen molar-refractivity contribution in [3.63, 3.8) is 0 Å². The Kier molecular flexibility index (Phi) is 5.72. The second-order valence-electron chi connectivity index (χ2n) is 6.07. The highest BCUT2D eigenvalue weighted by Gasteiger charge is 2.29. The van der Waals surface area contributed by atoms with Crippen molar-refractivity contribution in [1.82, 2.24) is 0 Å². The molecule has 0 radical (unpaired) electrons. The fraction of sp³-hybridized carbons (Fsp3) is 0.316. The highest BCUT2D eigenvalue weighted by atomic mass is 19.4. The minimum absolute atomic E-state index is 0.144. The lowest BCUT2D eigenvalue weighted by Crippen LogP contribution is -2.17. The molecule has 0 aliphatic heterocycles. The number of alkyl halides is 3. The van der Waals surface area contributed by atoms with Crippen LogP contribution in [0.25, 0.3) is 0 Å². The van der Waals surface area contributed by atoms with Gasteiger partial charge in [-0.2, -0.15) is 13.2 Å². The van der Waals surface area contributed by atoms with Gasteiger partial charge in [0.25, 0.3) is 0 Å². The molecule has 2 aromatic rings. The number of nitrogens with one attached hydrogen (secondary N) is 2. The summed E-state index contributed by atoms with van der Waals surface area (Å²) in [6.07, 6.45) is -4.13. The van der Waals surface area contributed by atoms with E-state index in [4.69, 9.17) is 0 Å². The van der Waals surface area contributed by atoms with E-state index in [9.17, 15) is 18.0 Å². The van der Waals surface area contributed by atoms with Crippen LogP contribution >= 0.6 is 0 Å². The minimum atomic E-state index is -4.35. The Hall–Kier alpha value is -2.50. The molecule has 134 valence electrons. The molecule has 25 heavy (non-hydrogen) atoms. The number of benzene rings is 2. The molecule has 2 rings (SSSR count). The molecule has 0 saturated heterocycles. The van der Waals surface area contributed by atoms with Gasteiger partial charge in [-0.05, 0) is 56.2 Å². The van der Waals surface area contributed by atoms with Crippen LogP contribution in [0.1, 0.15) is 28.7 Å². The zero-order chi connectivity index (χ0) is 18.6. The smallest absolute Gasteiger partial charge is 0.385 e. The molecule has 3 nitrogen and oxygen atoms in total. The largest absolute Gasteiger partial charge is 0.416 e. The number of aryl methyl sites for hydroxylation is 3. The van der Waals surface area contributed by atoms with Crippen molar-refractivity contribution >= 4 is 17.3 Å². The van der Waals surface area contributed by atoms with Gasteiger partial charge in [0, 0.05) is 24.3 Å². The van der Waals surface area contributed by atoms with Gasteiger partial charge in [-0.3, -0.25) is 4.79 Å². The molecule has 0 bridgehead atoms. The predicted molar refractivity (Wildman–Crippen MR) is 93.8 cm³/mol. The first kappa shape index (κ1) is 18.8. The van der Waals surface area contributed by atoms with Crippen LogP contribution in [-0.4, -0.2) is 12.5 Å². The van der Waals surface area contributed by atoms with Crippen molar-refractivity contribution in [3.05, 3.63) is 58.7 Å². The molecular weight excluding hydrogens is 329 g/mol. The van der Waals surface area contributed by atoms with Gasteiger partial charge in [-0.25, -0.2) is 0 Å². The van der Waals surface area contributed by atoms with Crippen molar-refractivity contribution < 1.29 is 18.0 Å². The standard InChI is InChI=1S/C19H21F3N2O/c1-12-10-13(2)18(14(3)11-12)24-17(25)8-9-23-16-6-4-15(5-7-16)19(20,21)22/h4-7,10-11,23H,8-9H2,1-3H3,(H,24,25). The number of halogens is 3. The van der Waals surface area contributed by atoms with Gasteiger partial charge in [0.1, 0.15) is 0 Å². The van der Waals surface area contributed by atoms with Crippen molar-refractivity contribution in [2.24, 2.45) is 0 Å². The van der Waals surface area contributed by atoms with Crippen LogP contribution in [0.2, 0.25) is 0 Å². The van der Waals surface area contributed by atoms with E-state index in [0.29, 0.717) is 12.2 Å². The number of rotatable bonds is 5. The van der Waals surface area contributed by atoms with E-state index in [2.05, 4.69) is 10.6 Å². The van der Waals surface area contributed by atoms with Crippen molar-refractivity contribution in [2.45, 2.75) is 33.4 Å². The minimum Gasteiger partial charge on any atom is -0.385 e. The summed E-state index contributed by atoms with van der Waals surface area (Å²) in [6, 6.07) is 8.75. The third-order valence-corrected chi connectivity index (χ3v) is 3.83. The molecule has 0 fully saturated rings. The van der Waals surface area contributed by atoms with E-state index >= 15 is 0 Å². The van der Waals surface area contributed by atoms with Gasteiger partial charge in [0.2, 0.25) is 5.91 Å². The number of hydrogen-bond acceptors (Lipinski definition) is 2. The van der Waals surface area contributed by atoms with Gasteiger partial charge in [0.15, 0.2) is 0 Å². The SMILES string of the molecule is Cc1cc(C)c(NC(=O)CCNc2ccc(C(F)(F)F)cc2)c(C)c1. The Balaban J connectivity index is 1.87. The Morgan fingerprint density at radius 3 is 2.08 bits per heavy atom. The molecule has 0 atom stereocenters. The monoisotopic (exact) mass is 350 g/mol. The third kappa shape index (κ3) is 5.24. The molecule has 2 aromatic carbocycles. The first-order valence-corrected chi connectivity index (χ1v) is 7.95. The molecule has 0 aliphatic carbocycles. The summed E-state index contributed by atoms with van der Waals surface area (Å²) < 4.78 is 37.5. The quantitative estimate of drug-likeness (QED) is 0.790. The zero-order valence-corrected chi connectivity index (χ0v) is 14.4. The average Bonchev–Trinajstić information content (AvgIpc) is 2.50. The van der Waals surface area contributed by atoms with Gasteiger partial charge >= 0.3 is 6.18 Å². The maximum Gasteiger partial charge on any atom is 0.416 e. The van der Waals surface area contributed by atoms with E-state index in [1.807, 2.05) is 32.9 Å². The summed E-state index contributed by atoms with van der Waals surface area (Å²) in [5, 5.41) is 5.84. The summed E-state index contributed by atoms with van der Waals surface area (Å²) in [5.41, 5.74) is 3.80. The molecule has 0 saturated carbocycles. The first-order valence-electron chi connectivity index (χ1n) is 7.95. The number of hydrogen-bond donors (Lipinski definition) is 2. The third-order valence-electron chi connectivity index (χ3n) is 3.83. The van der Waals surface area contributed by atoms with Crippen LogP contribution in [0.15, 0.2) is 36.4 Å². The zero-order valence-electron chi connectivity index (χ0n) is 14.4. The Morgan fingerprint density at radius 1 is 1.00 bits per heavy atom. The van der Waals surface area contributed by atoms with Gasteiger partial charge in [0.05, 0.1) is 5.56 Å². The molecule has 0 spiro atoms. The van der Waals surface area contributed by atoms with Crippen molar-refractivity contribution in [2.75, 3.05) is 17.2 Å². The molecule has 6 heteroatoms. The lowest BCUT2D eigenvalue weighted by molar-refractivity contribution is -0.137. The van der Waals surface area contributed by atoms with Gasteiger partial charge in [-0.15, -0.1) is 0 Å². The summed E-state index contributed by atoms with van der Waals surface area (Å²) in [5.74, 6) is -0.144. The molecular formula is C19H21F3N2O. The predicted octanol–water partition coefficient (Wildman–Crippen LogP) is 5.07. The lowest BCUT2D eigenvalue weighted by atomic mass is 10.1. The van der Waals surface area contributed by atoms with Crippen LogP contribution in [0.5, 0.6) is 0 Å². The van der Waals surface area contributed by atoms with Gasteiger partial charge < -0.3 is 10.6 Å². The Bertz CT molecular complexity index is 729. The fourth-order valence-electron chi connectivity index (χ4n) is 2.68. The lowest BCUT2D eigenvalue weighted by Gasteiger charge is -2.13. The molecule has 0 aliphatic rings. The summed E-state index contributed by atoms with van der Waals surface area (Å²) in [4.78, 5) is 12.1. The van der Waals surface area contributed by atoms with E-state index in [1.165, 1.54) is 12.1 Å². The number of carbonyl (C=O) groups excluding carboxylic acids is 1. The Morgan fingerprint density at radius 2 is 1.56 bits per heavy atom. The van der Waals surface area contributed by atoms with E-state index in [0.717, 1.165) is 34.5 Å². The highest BCUT2D eigenvalue weighted by molar-refractivity contribution is 5.92. The maximum atomic E-state index is 12.5. The van der Waals surface area contributed by atoms with Crippen LogP contribution in [0.4, 0.5) is 24.5 Å². The van der Waals surface area contributed by atoms with E-state index in [1.54, 1.807) is 0 Å². The molecule has 0 unspecified atom stereocenters. The van der Waals surface area contributed by atoms with Crippen LogP contribution in [-0.2, 0) is 11.0 Å². The molecule has 2 N–H and O–H groups in total. The summed E-state index contributed by atoms with van der Waals surface area (Å²) >= 11 is 0. The second-order valence-corrected chi connectivity index (χ2v) is 6.07. The summed E-state index contributed by atoms with van der Waals surface area (Å²) in [6.45, 7) is 6.22. The second kappa shape index (κ2) is 7.59. The van der Waals surface area contributed by atoms with Crippen LogP contribution < -0.4 is 10.6 Å². The van der Waals surface area contributed by atoms with Crippen molar-refractivity contribution in [3.8, 4) is 0 Å².